The van der Waals surface area contributed by atoms with Gasteiger partial charge < -0.3 is 14.7 Å². The first-order chi connectivity index (χ1) is 16.0. The molecule has 2 N–H and O–H groups in total. The summed E-state index contributed by atoms with van der Waals surface area (Å²) in [6, 6.07) is 8.35. The van der Waals surface area contributed by atoms with Crippen LogP contribution in [0.25, 0.3) is 16.7 Å². The maximum Gasteiger partial charge on any atom is 0.281 e. The molecule has 4 aromatic rings. The molecule has 0 amide bonds. The van der Waals surface area contributed by atoms with E-state index in [9.17, 15) is 9.90 Å². The second kappa shape index (κ2) is 6.41. The van der Waals surface area contributed by atoms with Gasteiger partial charge >= 0.3 is 0 Å². The van der Waals surface area contributed by atoms with Crippen molar-refractivity contribution in [2.45, 2.75) is 56.5 Å². The number of rotatable bonds is 5. The van der Waals surface area contributed by atoms with Gasteiger partial charge in [0.15, 0.2) is 0 Å². The number of aryl methyl sites for hydroxylation is 1. The van der Waals surface area contributed by atoms with Crippen LogP contribution in [0.15, 0.2) is 41.6 Å². The first-order valence-corrected chi connectivity index (χ1v) is 11.7. The molecule has 33 heavy (non-hydrogen) atoms. The molecule has 3 saturated carbocycles. The first-order valence-electron chi connectivity index (χ1n) is 11.7. The number of aliphatic hydroxyl groups excluding tert-OH is 1. The van der Waals surface area contributed by atoms with Crippen LogP contribution in [-0.4, -0.2) is 34.4 Å². The second-order valence-corrected chi connectivity index (χ2v) is 10.4. The fourth-order valence-electron chi connectivity index (χ4n) is 6.05. The van der Waals surface area contributed by atoms with E-state index in [-0.39, 0.29) is 17.6 Å². The summed E-state index contributed by atoms with van der Waals surface area (Å²) in [7, 11) is 2.01. The van der Waals surface area contributed by atoms with Gasteiger partial charge in [0.25, 0.3) is 5.56 Å². The fourth-order valence-corrected chi connectivity index (χ4v) is 6.05. The summed E-state index contributed by atoms with van der Waals surface area (Å²) in [5, 5.41) is 18.2. The quantitative estimate of drug-likeness (QED) is 0.495. The van der Waals surface area contributed by atoms with E-state index in [0.717, 1.165) is 42.8 Å². The third-order valence-electron chi connectivity index (χ3n) is 8.02. The number of nitrogens with one attached hydrogen (secondary N) is 1. The van der Waals surface area contributed by atoms with Crippen molar-refractivity contribution in [3.63, 3.8) is 0 Å². The van der Waals surface area contributed by atoms with Gasteiger partial charge in [0.1, 0.15) is 30.1 Å². The van der Waals surface area contributed by atoms with Crippen molar-refractivity contribution >= 4 is 11.0 Å². The first kappa shape index (κ1) is 19.2. The predicted octanol–water partition coefficient (Wildman–Crippen LogP) is 3.07. The molecule has 8 nitrogen and oxygen atoms in total. The van der Waals surface area contributed by atoms with Crippen molar-refractivity contribution in [1.29, 1.82) is 0 Å². The zero-order valence-electron chi connectivity index (χ0n) is 18.6. The highest BCUT2D eigenvalue weighted by molar-refractivity contribution is 5.79. The third-order valence-corrected chi connectivity index (χ3v) is 8.02. The predicted molar refractivity (Wildman–Crippen MR) is 122 cm³/mol. The standard InChI is InChI=1S/C25H26N6O2/c1-30-14-26-29-23(30)25(12-24(13-25)7-8-24)16-3-2-4-17(9-16)31-10-18(15-5-6-15)20-21(22(31)33)28-19(11-32)27-20/h2-4,9-10,14-15,32H,5-8,11-13H2,1H3,(H,27,28). The monoisotopic (exact) mass is 442 g/mol. The van der Waals surface area contributed by atoms with Crippen LogP contribution in [0.4, 0.5) is 0 Å². The molecular weight excluding hydrogens is 416 g/mol. The number of nitrogens with zero attached hydrogens (tertiary/aromatic N) is 5. The molecule has 3 heterocycles. The van der Waals surface area contributed by atoms with Crippen LogP contribution in [-0.2, 0) is 19.1 Å². The third kappa shape index (κ3) is 2.73. The second-order valence-electron chi connectivity index (χ2n) is 10.4. The summed E-state index contributed by atoms with van der Waals surface area (Å²) in [4.78, 5) is 21.0. The molecule has 0 aliphatic heterocycles. The number of pyridine rings is 1. The SMILES string of the molecule is Cn1cnnc1C1(c2cccc(-n3cc(C4CC4)c4nc(CO)[nH]c4c3=O)c2)CC2(CC2)C1. The zero-order chi connectivity index (χ0) is 22.4. The van der Waals surface area contributed by atoms with Gasteiger partial charge in [0.2, 0.25) is 0 Å². The number of hydrogen-bond donors (Lipinski definition) is 2. The maximum atomic E-state index is 13.5. The highest BCUT2D eigenvalue weighted by atomic mass is 16.3. The summed E-state index contributed by atoms with van der Waals surface area (Å²) < 4.78 is 3.78. The lowest BCUT2D eigenvalue weighted by atomic mass is 9.56. The molecule has 1 aromatic carbocycles. The molecule has 3 aliphatic rings. The van der Waals surface area contributed by atoms with E-state index in [0.29, 0.717) is 28.2 Å². The Hall–Kier alpha value is -3.26. The lowest BCUT2D eigenvalue weighted by Crippen LogP contribution is -2.45. The molecule has 168 valence electrons. The summed E-state index contributed by atoms with van der Waals surface area (Å²) >= 11 is 0. The number of hydrogen-bond acceptors (Lipinski definition) is 5. The molecule has 0 radical (unpaired) electrons. The van der Waals surface area contributed by atoms with Gasteiger partial charge in [0, 0.05) is 24.5 Å². The van der Waals surface area contributed by atoms with E-state index in [1.165, 1.54) is 18.4 Å². The molecule has 3 aliphatic carbocycles. The Morgan fingerprint density at radius 1 is 1.24 bits per heavy atom. The Morgan fingerprint density at radius 3 is 2.73 bits per heavy atom. The van der Waals surface area contributed by atoms with Gasteiger partial charge in [-0.3, -0.25) is 9.36 Å². The van der Waals surface area contributed by atoms with Crippen molar-refractivity contribution < 1.29 is 5.11 Å². The maximum absolute atomic E-state index is 13.5. The number of fused-ring (bicyclic) bond motifs is 1. The van der Waals surface area contributed by atoms with E-state index >= 15 is 0 Å². The van der Waals surface area contributed by atoms with Crippen molar-refractivity contribution in [3.05, 3.63) is 69.9 Å². The van der Waals surface area contributed by atoms with E-state index in [1.807, 2.05) is 29.9 Å². The summed E-state index contributed by atoms with van der Waals surface area (Å²) in [5.41, 5.74) is 4.44. The highest BCUT2D eigenvalue weighted by Gasteiger charge is 2.63. The Morgan fingerprint density at radius 2 is 2.06 bits per heavy atom. The van der Waals surface area contributed by atoms with E-state index in [2.05, 4.69) is 32.3 Å². The smallest absolute Gasteiger partial charge is 0.281 e. The Bertz CT molecular complexity index is 1460. The van der Waals surface area contributed by atoms with Gasteiger partial charge in [-0.2, -0.15) is 0 Å². The zero-order valence-corrected chi connectivity index (χ0v) is 18.6. The fraction of sp³-hybridized carbons (Fsp3) is 0.440. The Labute approximate surface area is 190 Å². The number of aromatic amines is 1. The summed E-state index contributed by atoms with van der Waals surface area (Å²) in [6.45, 7) is -0.213. The van der Waals surface area contributed by atoms with Crippen LogP contribution in [0.5, 0.6) is 0 Å². The van der Waals surface area contributed by atoms with Crippen LogP contribution in [0.1, 0.15) is 67.2 Å². The number of aliphatic hydroxyl groups is 1. The molecule has 1 spiro atoms. The average molecular weight is 443 g/mol. The molecule has 0 bridgehead atoms. The topological polar surface area (TPSA) is 102 Å². The van der Waals surface area contributed by atoms with Crippen LogP contribution in [0.3, 0.4) is 0 Å². The lowest BCUT2D eigenvalue weighted by Gasteiger charge is -2.48. The van der Waals surface area contributed by atoms with E-state index in [1.54, 1.807) is 10.9 Å². The summed E-state index contributed by atoms with van der Waals surface area (Å²) in [6.07, 6.45) is 10.7. The number of aromatic nitrogens is 6. The largest absolute Gasteiger partial charge is 0.388 e. The van der Waals surface area contributed by atoms with Gasteiger partial charge in [-0.1, -0.05) is 12.1 Å². The van der Waals surface area contributed by atoms with E-state index in [4.69, 9.17) is 0 Å². The molecule has 0 atom stereocenters. The molecule has 0 saturated heterocycles. The molecule has 0 unspecified atom stereocenters. The molecule has 8 heteroatoms. The molecule has 7 rings (SSSR count). The van der Waals surface area contributed by atoms with Crippen LogP contribution < -0.4 is 5.56 Å². The lowest BCUT2D eigenvalue weighted by molar-refractivity contribution is 0.145. The number of imidazole rings is 1. The van der Waals surface area contributed by atoms with E-state index < -0.39 is 0 Å². The number of benzene rings is 1. The molecule has 3 fully saturated rings. The average Bonchev–Trinajstić information content (AvgIpc) is 3.71. The van der Waals surface area contributed by atoms with Gasteiger partial charge in [-0.25, -0.2) is 4.98 Å². The minimum atomic E-state index is -0.213. The molecule has 3 aromatic heterocycles. The van der Waals surface area contributed by atoms with Gasteiger partial charge in [-0.15, -0.1) is 10.2 Å². The van der Waals surface area contributed by atoms with Crippen molar-refractivity contribution in [2.24, 2.45) is 12.5 Å². The van der Waals surface area contributed by atoms with Crippen LogP contribution in [0.2, 0.25) is 0 Å². The Balaban J connectivity index is 1.39. The molecular formula is C25H26N6O2. The van der Waals surface area contributed by atoms with Crippen molar-refractivity contribution in [1.82, 2.24) is 29.3 Å². The minimum Gasteiger partial charge on any atom is -0.388 e. The van der Waals surface area contributed by atoms with Gasteiger partial charge in [0.05, 0.1) is 10.9 Å². The normalized spacial score (nSPS) is 20.3. The van der Waals surface area contributed by atoms with Gasteiger partial charge in [-0.05, 0) is 67.6 Å². The Kier molecular flexibility index (Phi) is 3.74. The highest BCUT2D eigenvalue weighted by Crippen LogP contribution is 2.70. The number of H-pyrrole nitrogens is 1. The minimum absolute atomic E-state index is 0.140. The van der Waals surface area contributed by atoms with Crippen molar-refractivity contribution in [2.75, 3.05) is 0 Å². The van der Waals surface area contributed by atoms with Crippen LogP contribution in [0, 0.1) is 5.41 Å². The van der Waals surface area contributed by atoms with Crippen molar-refractivity contribution in [3.8, 4) is 5.69 Å². The van der Waals surface area contributed by atoms with Crippen LogP contribution >= 0.6 is 0 Å². The summed E-state index contributed by atoms with van der Waals surface area (Å²) in [5.74, 6) is 1.85.